The van der Waals surface area contributed by atoms with Crippen LogP contribution in [0.4, 0.5) is 0 Å². The molecule has 0 aliphatic carbocycles. The van der Waals surface area contributed by atoms with Gasteiger partial charge < -0.3 is 10.0 Å². The maximum absolute atomic E-state index is 9.88. The number of likely N-dealkylation sites (N-methyl/N-ethyl adjacent to an activating group) is 1. The van der Waals surface area contributed by atoms with Crippen molar-refractivity contribution in [3.63, 3.8) is 0 Å². The molecule has 0 fully saturated rings. The Kier molecular flexibility index (Phi) is 4.39. The van der Waals surface area contributed by atoms with Gasteiger partial charge in [0.05, 0.1) is 6.10 Å². The zero-order valence-corrected chi connectivity index (χ0v) is 9.33. The van der Waals surface area contributed by atoms with E-state index in [4.69, 9.17) is 11.6 Å². The van der Waals surface area contributed by atoms with E-state index in [1.54, 1.807) is 6.07 Å². The van der Waals surface area contributed by atoms with Crippen molar-refractivity contribution in [2.24, 2.45) is 0 Å². The molecule has 0 heterocycles. The number of hydrogen-bond donors (Lipinski definition) is 1. The van der Waals surface area contributed by atoms with Crippen LogP contribution >= 0.6 is 11.6 Å². The molecule has 1 unspecified atom stereocenters. The molecule has 0 saturated carbocycles. The monoisotopic (exact) mass is 213 g/mol. The van der Waals surface area contributed by atoms with E-state index in [1.165, 1.54) is 0 Å². The highest BCUT2D eigenvalue weighted by Crippen LogP contribution is 2.22. The van der Waals surface area contributed by atoms with E-state index in [0.717, 1.165) is 12.1 Å². The number of rotatable bonds is 4. The van der Waals surface area contributed by atoms with Gasteiger partial charge in [-0.3, -0.25) is 0 Å². The number of nitrogens with zero attached hydrogens (tertiary/aromatic N) is 1. The van der Waals surface area contributed by atoms with Crippen molar-refractivity contribution in [1.82, 2.24) is 4.90 Å². The number of halogens is 1. The third-order valence-electron chi connectivity index (χ3n) is 2.29. The lowest BCUT2D eigenvalue weighted by Gasteiger charge is -2.19. The van der Waals surface area contributed by atoms with E-state index in [2.05, 4.69) is 6.92 Å². The van der Waals surface area contributed by atoms with Crippen molar-refractivity contribution in [3.05, 3.63) is 34.9 Å². The lowest BCUT2D eigenvalue weighted by molar-refractivity contribution is 0.129. The summed E-state index contributed by atoms with van der Waals surface area (Å²) in [7, 11) is 1.97. The Morgan fingerprint density at radius 2 is 2.07 bits per heavy atom. The van der Waals surface area contributed by atoms with E-state index in [0.29, 0.717) is 11.6 Å². The van der Waals surface area contributed by atoms with Crippen molar-refractivity contribution < 1.29 is 5.11 Å². The fourth-order valence-corrected chi connectivity index (χ4v) is 1.53. The van der Waals surface area contributed by atoms with Gasteiger partial charge in [0.25, 0.3) is 0 Å². The summed E-state index contributed by atoms with van der Waals surface area (Å²) >= 11 is 5.97. The Bertz CT molecular complexity index is 290. The second-order valence-corrected chi connectivity index (χ2v) is 3.80. The van der Waals surface area contributed by atoms with Crippen LogP contribution in [0.1, 0.15) is 18.6 Å². The van der Waals surface area contributed by atoms with Gasteiger partial charge in [0.15, 0.2) is 0 Å². The molecule has 0 amide bonds. The molecule has 0 saturated heterocycles. The van der Waals surface area contributed by atoms with Gasteiger partial charge in [0.2, 0.25) is 0 Å². The van der Waals surface area contributed by atoms with Gasteiger partial charge in [0.1, 0.15) is 0 Å². The zero-order chi connectivity index (χ0) is 10.6. The van der Waals surface area contributed by atoms with Crippen LogP contribution in [0.15, 0.2) is 24.3 Å². The summed E-state index contributed by atoms with van der Waals surface area (Å²) < 4.78 is 0. The molecule has 1 rings (SSSR count). The Morgan fingerprint density at radius 1 is 1.43 bits per heavy atom. The topological polar surface area (TPSA) is 23.5 Å². The summed E-state index contributed by atoms with van der Waals surface area (Å²) in [5.41, 5.74) is 0.800. The van der Waals surface area contributed by atoms with Crippen LogP contribution in [0.25, 0.3) is 0 Å². The van der Waals surface area contributed by atoms with E-state index >= 15 is 0 Å². The molecule has 1 N–H and O–H groups in total. The second kappa shape index (κ2) is 5.35. The average Bonchev–Trinajstić information content (AvgIpc) is 2.18. The second-order valence-electron chi connectivity index (χ2n) is 3.39. The Hall–Kier alpha value is -0.570. The predicted molar refractivity (Wildman–Crippen MR) is 59.6 cm³/mol. The van der Waals surface area contributed by atoms with Gasteiger partial charge in [0, 0.05) is 17.1 Å². The van der Waals surface area contributed by atoms with Crippen LogP contribution in [0.3, 0.4) is 0 Å². The summed E-state index contributed by atoms with van der Waals surface area (Å²) in [6.45, 7) is 3.58. The smallest absolute Gasteiger partial charge is 0.0931 e. The van der Waals surface area contributed by atoms with Crippen LogP contribution in [0.5, 0.6) is 0 Å². The molecule has 0 aliphatic rings. The number of hydrogen-bond acceptors (Lipinski definition) is 2. The van der Waals surface area contributed by atoms with Crippen molar-refractivity contribution in [3.8, 4) is 0 Å². The minimum atomic E-state index is -0.506. The zero-order valence-electron chi connectivity index (χ0n) is 8.57. The molecule has 3 heteroatoms. The molecule has 1 atom stereocenters. The fraction of sp³-hybridized carbons (Fsp3) is 0.455. The van der Waals surface area contributed by atoms with Gasteiger partial charge >= 0.3 is 0 Å². The summed E-state index contributed by atoms with van der Waals surface area (Å²) in [6, 6.07) is 7.40. The van der Waals surface area contributed by atoms with Crippen molar-refractivity contribution in [2.45, 2.75) is 13.0 Å². The van der Waals surface area contributed by atoms with Gasteiger partial charge in [-0.15, -0.1) is 0 Å². The molecule has 0 radical (unpaired) electrons. The van der Waals surface area contributed by atoms with Crippen LogP contribution in [0.2, 0.25) is 5.02 Å². The van der Waals surface area contributed by atoms with Crippen LogP contribution in [-0.4, -0.2) is 30.1 Å². The molecule has 0 aromatic heterocycles. The molecule has 0 aliphatic heterocycles. The van der Waals surface area contributed by atoms with E-state index in [9.17, 15) is 5.11 Å². The SMILES string of the molecule is CCN(C)CC(O)c1ccccc1Cl. The largest absolute Gasteiger partial charge is 0.387 e. The van der Waals surface area contributed by atoms with Gasteiger partial charge in [-0.05, 0) is 19.7 Å². The molecule has 1 aromatic rings. The van der Waals surface area contributed by atoms with Crippen molar-refractivity contribution >= 4 is 11.6 Å². The van der Waals surface area contributed by atoms with E-state index in [-0.39, 0.29) is 0 Å². The van der Waals surface area contributed by atoms with E-state index < -0.39 is 6.10 Å². The maximum Gasteiger partial charge on any atom is 0.0931 e. The Balaban J connectivity index is 2.69. The molecule has 0 bridgehead atoms. The molecular formula is C11H16ClNO. The highest BCUT2D eigenvalue weighted by molar-refractivity contribution is 6.31. The first-order valence-electron chi connectivity index (χ1n) is 4.76. The maximum atomic E-state index is 9.88. The van der Waals surface area contributed by atoms with Crippen LogP contribution in [0, 0.1) is 0 Å². The van der Waals surface area contributed by atoms with E-state index in [1.807, 2.05) is 30.1 Å². The van der Waals surface area contributed by atoms with Gasteiger partial charge in [-0.1, -0.05) is 36.7 Å². The van der Waals surface area contributed by atoms with Crippen LogP contribution in [-0.2, 0) is 0 Å². The molecule has 0 spiro atoms. The van der Waals surface area contributed by atoms with Crippen molar-refractivity contribution in [2.75, 3.05) is 20.1 Å². The summed E-state index contributed by atoms with van der Waals surface area (Å²) in [5.74, 6) is 0. The number of benzene rings is 1. The molecule has 78 valence electrons. The third-order valence-corrected chi connectivity index (χ3v) is 2.63. The molecule has 2 nitrogen and oxygen atoms in total. The number of aliphatic hydroxyl groups excluding tert-OH is 1. The third kappa shape index (κ3) is 2.98. The minimum absolute atomic E-state index is 0.506. The summed E-state index contributed by atoms with van der Waals surface area (Å²) in [4.78, 5) is 2.05. The van der Waals surface area contributed by atoms with Crippen molar-refractivity contribution in [1.29, 1.82) is 0 Å². The Morgan fingerprint density at radius 3 is 2.64 bits per heavy atom. The van der Waals surface area contributed by atoms with Gasteiger partial charge in [-0.2, -0.15) is 0 Å². The quantitative estimate of drug-likeness (QED) is 0.830. The Labute approximate surface area is 90.1 Å². The standard InChI is InChI=1S/C11H16ClNO/c1-3-13(2)8-11(14)9-6-4-5-7-10(9)12/h4-7,11,14H,3,8H2,1-2H3. The molecule has 14 heavy (non-hydrogen) atoms. The minimum Gasteiger partial charge on any atom is -0.387 e. The average molecular weight is 214 g/mol. The van der Waals surface area contributed by atoms with Crippen LogP contribution < -0.4 is 0 Å². The van der Waals surface area contributed by atoms with Gasteiger partial charge in [-0.25, -0.2) is 0 Å². The first-order chi connectivity index (χ1) is 6.65. The highest BCUT2D eigenvalue weighted by Gasteiger charge is 2.12. The lowest BCUT2D eigenvalue weighted by Crippen LogP contribution is -2.24. The summed E-state index contributed by atoms with van der Waals surface area (Å²) in [5, 5.41) is 10.5. The first-order valence-corrected chi connectivity index (χ1v) is 5.14. The molecular weight excluding hydrogens is 198 g/mol. The first kappa shape index (κ1) is 11.5. The highest BCUT2D eigenvalue weighted by atomic mass is 35.5. The fourth-order valence-electron chi connectivity index (χ4n) is 1.27. The number of aliphatic hydroxyl groups is 1. The molecule has 1 aromatic carbocycles. The predicted octanol–water partition coefficient (Wildman–Crippen LogP) is 2.33. The summed E-state index contributed by atoms with van der Waals surface area (Å²) in [6.07, 6.45) is -0.506. The lowest BCUT2D eigenvalue weighted by atomic mass is 10.1. The normalized spacial score (nSPS) is 13.2.